The number of benzene rings is 2. The van der Waals surface area contributed by atoms with Gasteiger partial charge in [0.05, 0.1) is 29.0 Å². The fraction of sp³-hybridized carbons (Fsp3) is 0.370. The van der Waals surface area contributed by atoms with E-state index in [2.05, 4.69) is 42.5 Å². The van der Waals surface area contributed by atoms with E-state index in [-0.39, 0.29) is 12.5 Å². The minimum atomic E-state index is 0.0454. The molecule has 1 aromatic heterocycles. The van der Waals surface area contributed by atoms with Gasteiger partial charge in [-0.1, -0.05) is 53.1 Å². The van der Waals surface area contributed by atoms with Gasteiger partial charge in [0.25, 0.3) is 0 Å². The first-order valence-electron chi connectivity index (χ1n) is 11.8. The fourth-order valence-corrected chi connectivity index (χ4v) is 3.85. The summed E-state index contributed by atoms with van der Waals surface area (Å²) in [6.07, 6.45) is 6.48. The summed E-state index contributed by atoms with van der Waals surface area (Å²) in [5.41, 5.74) is 3.62. The molecular formula is C27H32Cl2N4O3. The first kappa shape index (κ1) is 27.6. The number of ether oxygens (including phenoxy) is 2. The lowest BCUT2D eigenvalue weighted by atomic mass is 10.0. The minimum Gasteiger partial charge on any atom is -0.493 e. The molecule has 3 rings (SSSR count). The largest absolute Gasteiger partial charge is 0.493 e. The molecule has 192 valence electrons. The van der Waals surface area contributed by atoms with E-state index in [4.69, 9.17) is 32.7 Å². The van der Waals surface area contributed by atoms with Gasteiger partial charge in [0.2, 0.25) is 5.91 Å². The monoisotopic (exact) mass is 530 g/mol. The van der Waals surface area contributed by atoms with Crippen LogP contribution in [0.15, 0.2) is 54.2 Å². The lowest BCUT2D eigenvalue weighted by Crippen LogP contribution is -2.24. The topological polar surface area (TPSA) is 78.3 Å². The summed E-state index contributed by atoms with van der Waals surface area (Å²) in [5.74, 6) is 1.53. The molecular weight excluding hydrogens is 499 g/mol. The summed E-state index contributed by atoms with van der Waals surface area (Å²) in [6, 6.07) is 10.8. The Kier molecular flexibility index (Phi) is 10.2. The first-order valence-corrected chi connectivity index (χ1v) is 12.6. The average Bonchev–Trinajstić information content (AvgIpc) is 3.32. The van der Waals surface area contributed by atoms with Gasteiger partial charge in [0.1, 0.15) is 12.3 Å². The van der Waals surface area contributed by atoms with Crippen LogP contribution >= 0.6 is 23.2 Å². The van der Waals surface area contributed by atoms with E-state index in [1.54, 1.807) is 36.2 Å². The van der Waals surface area contributed by atoms with Gasteiger partial charge in [-0.3, -0.25) is 4.79 Å². The fourth-order valence-electron chi connectivity index (χ4n) is 3.56. The number of allylic oxidation sites excluding steroid dienone is 2. The molecule has 1 atom stereocenters. The molecule has 0 aliphatic carbocycles. The highest BCUT2D eigenvalue weighted by atomic mass is 35.5. The second-order valence-electron chi connectivity index (χ2n) is 8.97. The molecule has 0 radical (unpaired) electrons. The van der Waals surface area contributed by atoms with Gasteiger partial charge < -0.3 is 14.8 Å². The van der Waals surface area contributed by atoms with E-state index >= 15 is 0 Å². The maximum absolute atomic E-state index is 12.3. The number of nitrogens with one attached hydrogen (secondary N) is 1. The number of halogens is 2. The van der Waals surface area contributed by atoms with Crippen LogP contribution in [0.5, 0.6) is 11.5 Å². The van der Waals surface area contributed by atoms with Gasteiger partial charge in [-0.05, 0) is 68.5 Å². The maximum atomic E-state index is 12.3. The highest BCUT2D eigenvalue weighted by Gasteiger charge is 2.12. The van der Waals surface area contributed by atoms with Crippen molar-refractivity contribution in [1.82, 2.24) is 20.3 Å². The van der Waals surface area contributed by atoms with Gasteiger partial charge >= 0.3 is 0 Å². The molecule has 0 unspecified atom stereocenters. The highest BCUT2D eigenvalue weighted by Crippen LogP contribution is 2.29. The molecule has 3 aromatic rings. The Morgan fingerprint density at radius 1 is 1.14 bits per heavy atom. The van der Waals surface area contributed by atoms with Crippen LogP contribution in [0.3, 0.4) is 0 Å². The van der Waals surface area contributed by atoms with Crippen molar-refractivity contribution in [3.63, 3.8) is 0 Å². The maximum Gasteiger partial charge on any atom is 0.220 e. The average molecular weight is 531 g/mol. The van der Waals surface area contributed by atoms with E-state index in [0.29, 0.717) is 46.1 Å². The van der Waals surface area contributed by atoms with Crippen molar-refractivity contribution in [2.45, 2.75) is 53.2 Å². The minimum absolute atomic E-state index is 0.0454. The van der Waals surface area contributed by atoms with Crippen molar-refractivity contribution >= 4 is 29.1 Å². The Morgan fingerprint density at radius 2 is 1.94 bits per heavy atom. The second kappa shape index (κ2) is 13.3. The number of hydrogen-bond acceptors (Lipinski definition) is 5. The Hall–Kier alpha value is -3.03. The lowest BCUT2D eigenvalue weighted by Gasteiger charge is -2.13. The van der Waals surface area contributed by atoms with E-state index < -0.39 is 0 Å². The standard InChI is InChI=1S/C27H32Cl2N4O3/c1-18(2)6-5-7-19(3)12-27(34)30-15-20-8-11-25(26(13-20)35-4)36-17-21-16-33(32-31-21)22-9-10-23(28)24(29)14-22/h6,8-11,13-14,16,19H,5,7,12,15,17H2,1-4H3,(H,30,34)/t19-/m1/s1. The van der Waals surface area contributed by atoms with E-state index in [0.717, 1.165) is 24.1 Å². The molecule has 9 heteroatoms. The molecule has 7 nitrogen and oxygen atoms in total. The van der Waals surface area contributed by atoms with Crippen molar-refractivity contribution in [3.8, 4) is 17.2 Å². The summed E-state index contributed by atoms with van der Waals surface area (Å²) < 4.78 is 13.0. The second-order valence-corrected chi connectivity index (χ2v) is 9.79. The van der Waals surface area contributed by atoms with Gasteiger partial charge in [-0.15, -0.1) is 5.10 Å². The molecule has 1 amide bonds. The summed E-state index contributed by atoms with van der Waals surface area (Å²) in [7, 11) is 1.58. The lowest BCUT2D eigenvalue weighted by molar-refractivity contribution is -0.122. The van der Waals surface area contributed by atoms with Gasteiger partial charge in [0.15, 0.2) is 11.5 Å². The normalized spacial score (nSPS) is 11.6. The molecule has 0 bridgehead atoms. The van der Waals surface area contributed by atoms with Crippen molar-refractivity contribution < 1.29 is 14.3 Å². The number of methoxy groups -OCH3 is 1. The molecule has 0 saturated heterocycles. The number of amides is 1. The molecule has 2 aromatic carbocycles. The zero-order chi connectivity index (χ0) is 26.1. The Bertz CT molecular complexity index is 1210. The third-order valence-corrected chi connectivity index (χ3v) is 6.29. The van der Waals surface area contributed by atoms with E-state index in [9.17, 15) is 4.79 Å². The van der Waals surface area contributed by atoms with Crippen LogP contribution in [0, 0.1) is 5.92 Å². The van der Waals surface area contributed by atoms with E-state index in [1.165, 1.54) is 5.57 Å². The van der Waals surface area contributed by atoms with Crippen LogP contribution in [0.1, 0.15) is 51.3 Å². The molecule has 1 N–H and O–H groups in total. The smallest absolute Gasteiger partial charge is 0.220 e. The number of nitrogens with zero attached hydrogens (tertiary/aromatic N) is 3. The van der Waals surface area contributed by atoms with Crippen molar-refractivity contribution in [3.05, 3.63) is 75.5 Å². The van der Waals surface area contributed by atoms with Gasteiger partial charge in [0, 0.05) is 13.0 Å². The van der Waals surface area contributed by atoms with Crippen LogP contribution < -0.4 is 14.8 Å². The predicted octanol–water partition coefficient (Wildman–Crippen LogP) is 6.55. The van der Waals surface area contributed by atoms with Crippen LogP contribution in [-0.4, -0.2) is 28.0 Å². The summed E-state index contributed by atoms with van der Waals surface area (Å²) in [6.45, 7) is 6.92. The Balaban J connectivity index is 1.52. The number of rotatable bonds is 12. The van der Waals surface area contributed by atoms with Gasteiger partial charge in [-0.2, -0.15) is 0 Å². The number of carbonyl (C=O) groups is 1. The molecule has 0 spiro atoms. The number of aromatic nitrogens is 3. The highest BCUT2D eigenvalue weighted by molar-refractivity contribution is 6.42. The zero-order valence-electron chi connectivity index (χ0n) is 21.1. The molecule has 0 fully saturated rings. The van der Waals surface area contributed by atoms with E-state index in [1.807, 2.05) is 18.2 Å². The third-order valence-electron chi connectivity index (χ3n) is 5.55. The van der Waals surface area contributed by atoms with Crippen molar-refractivity contribution in [2.24, 2.45) is 5.92 Å². The predicted molar refractivity (Wildman–Crippen MR) is 143 cm³/mol. The summed E-state index contributed by atoms with van der Waals surface area (Å²) >= 11 is 12.1. The SMILES string of the molecule is COc1cc(CNC(=O)C[C@H](C)CCC=C(C)C)ccc1OCc1cn(-c2ccc(Cl)c(Cl)c2)nn1. The summed E-state index contributed by atoms with van der Waals surface area (Å²) in [5, 5.41) is 12.2. The molecule has 0 aliphatic heterocycles. The number of carbonyl (C=O) groups excluding carboxylic acids is 1. The van der Waals surface area contributed by atoms with Gasteiger partial charge in [-0.25, -0.2) is 4.68 Å². The molecule has 0 saturated carbocycles. The molecule has 36 heavy (non-hydrogen) atoms. The quantitative estimate of drug-likeness (QED) is 0.268. The first-order chi connectivity index (χ1) is 17.2. The van der Waals surface area contributed by atoms with Crippen LogP contribution in [0.2, 0.25) is 10.0 Å². The Morgan fingerprint density at radius 3 is 2.67 bits per heavy atom. The van der Waals surface area contributed by atoms with Crippen molar-refractivity contribution in [2.75, 3.05) is 7.11 Å². The van der Waals surface area contributed by atoms with Crippen LogP contribution in [-0.2, 0) is 17.9 Å². The third kappa shape index (κ3) is 8.28. The Labute approximate surface area is 222 Å². The molecule has 1 heterocycles. The number of hydrogen-bond donors (Lipinski definition) is 1. The van der Waals surface area contributed by atoms with Crippen molar-refractivity contribution in [1.29, 1.82) is 0 Å². The van der Waals surface area contributed by atoms with Crippen LogP contribution in [0.25, 0.3) is 5.69 Å². The zero-order valence-corrected chi connectivity index (χ0v) is 22.6. The molecule has 0 aliphatic rings. The van der Waals surface area contributed by atoms with Crippen LogP contribution in [0.4, 0.5) is 0 Å². The summed E-state index contributed by atoms with van der Waals surface area (Å²) in [4.78, 5) is 12.3.